The van der Waals surface area contributed by atoms with Crippen LogP contribution in [0.15, 0.2) is 132 Å². The average molecular weight is 1720 g/mol. The van der Waals surface area contributed by atoms with Crippen molar-refractivity contribution in [2.45, 2.75) is 41.5 Å². The van der Waals surface area contributed by atoms with Crippen molar-refractivity contribution in [3.63, 3.8) is 0 Å². The van der Waals surface area contributed by atoms with Gasteiger partial charge in [-0.3, -0.25) is 53.6 Å². The number of carbonyl (C=O) groups is 7. The van der Waals surface area contributed by atoms with Crippen LogP contribution in [0, 0.1) is 35.9 Å². The Morgan fingerprint density at radius 3 is 1.13 bits per heavy atom. The van der Waals surface area contributed by atoms with Crippen molar-refractivity contribution in [1.29, 1.82) is 0 Å². The minimum atomic E-state index is -1.08. The summed E-state index contributed by atoms with van der Waals surface area (Å²) >= 11 is 0. The molecule has 14 rings (SSSR count). The molecule has 42 heteroatoms. The molecule has 0 aliphatic carbocycles. The number of nitrogens with two attached hydrogens (primary N) is 1. The van der Waals surface area contributed by atoms with E-state index in [1.165, 1.54) is 192 Å². The van der Waals surface area contributed by atoms with E-state index in [1.807, 2.05) is 0 Å². The van der Waals surface area contributed by atoms with Crippen LogP contribution < -0.4 is 67.5 Å². The molecule has 14 aromatic rings. The van der Waals surface area contributed by atoms with Gasteiger partial charge in [-0.1, -0.05) is 0 Å². The lowest BCUT2D eigenvalue weighted by Crippen LogP contribution is -2.39. The van der Waals surface area contributed by atoms with Crippen LogP contribution in [-0.4, -0.2) is 177 Å². The minimum Gasteiger partial charge on any atom is -0.617 e. The molecule has 650 valence electrons. The number of anilines is 1. The number of fused-ring (bicyclic) bond motifs is 7. The normalized spacial score (nSPS) is 10.4. The number of nitrogens with zero attached hydrogens (tertiary/aromatic N) is 10. The summed E-state index contributed by atoms with van der Waals surface area (Å²) in [4.78, 5) is 116. The fourth-order valence-corrected chi connectivity index (χ4v) is 11.5. The topological polar surface area (TPSA) is 604 Å². The van der Waals surface area contributed by atoms with Gasteiger partial charge in [0.05, 0.1) is 137 Å². The van der Waals surface area contributed by atoms with Crippen molar-refractivity contribution < 1.29 is 140 Å². The number of carboxylic acid groups (broad SMARTS) is 1. The molecule has 0 fully saturated rings. The second kappa shape index (κ2) is 40.1. The van der Waals surface area contributed by atoms with Crippen molar-refractivity contribution in [2.75, 3.05) is 76.8 Å². The van der Waals surface area contributed by atoms with Gasteiger partial charge in [0, 0.05) is 81.9 Å². The lowest BCUT2D eigenvalue weighted by molar-refractivity contribution is -0.782. The molecule has 8 N–H and O–H groups in total. The largest absolute Gasteiger partial charge is 0.617 e. The summed E-state index contributed by atoms with van der Waals surface area (Å²) in [5.74, 6) is -0.882. The maximum atomic E-state index is 12.7. The number of phenolic OH excluding ortho intramolecular Hbond substituents is 5. The summed E-state index contributed by atoms with van der Waals surface area (Å²) in [7, 11) is 14.0. The van der Waals surface area contributed by atoms with Crippen LogP contribution in [0.5, 0.6) is 86.2 Å². The Balaban J connectivity index is 0.000000183. The number of Topliss-reactive ketones (excluding diaryl/α,β-unsaturated/α-hetero) is 6. The molecule has 125 heavy (non-hydrogen) atoms. The molecule has 4 aromatic heterocycles. The Labute approximate surface area is 704 Å². The van der Waals surface area contributed by atoms with Gasteiger partial charge in [-0.25, -0.2) is 24.7 Å². The number of carbonyl (C=O) groups excluding carboxylic acids is 6. The summed E-state index contributed by atoms with van der Waals surface area (Å²) in [6.45, 7) is 8.28. The fraction of sp³-hybridized carbons (Fsp3) is 0.193. The Kier molecular flexibility index (Phi) is 30.0. The van der Waals surface area contributed by atoms with Gasteiger partial charge in [-0.05, 0) is 113 Å². The number of benzene rings is 10. The number of aromatic hydroxyl groups is 5. The van der Waals surface area contributed by atoms with Crippen LogP contribution in [0.1, 0.15) is 114 Å². The quantitative estimate of drug-likeness (QED) is 0.00752. The number of nitro groups is 2. The standard InChI is InChI=1S/C16H14N2O6.C16H14N2O4.C15H12N2O5.C9H8N2O4.C9H10N2O4.C9H9NO5.C9H10O3/c1-8(19)9-4-12-16(15(5-9)24-3)18(22)11-7-14(23-2)13(20)6-10(11)17(12)21;1-8(19)9-4-12-16(15(5-9)22-3)18-11-7-14(21-2)13(20)6-10(11)17-12;1-21-12-6-9-8(5-11(12)18)16-10-3-7(15(19)20)4-13(22-2)14(10)17-9;1-5(12)6-3-7-9(8(4-6)14-2)10-15-11(7)13;1-5(12)6-3-7(11(13)14)9(10)8(4-6)15-2;1-5(11)6-3-7(10(13)14)9(12)8(4-6)15-2;1-6(10)7-3-4-8(11)9(5-7)12-2/h4-7,20H,1-3H3;4-7,20H,1-3H3;3-6,18H,1-2H3,(H,19,20);3-4H,1-2H3;3-4H,10H2,1-2H3;3-4,12H,1-2H3;3-5,11H,1-2H3. The van der Waals surface area contributed by atoms with Gasteiger partial charge in [0.1, 0.15) is 28.3 Å². The van der Waals surface area contributed by atoms with E-state index >= 15 is 0 Å². The van der Waals surface area contributed by atoms with Gasteiger partial charge >= 0.3 is 17.2 Å². The number of hydrogen-bond donors (Lipinski definition) is 7. The van der Waals surface area contributed by atoms with Gasteiger partial charge in [0.25, 0.3) is 27.8 Å². The number of nitrogen functional groups attached to an aromatic ring is 1. The van der Waals surface area contributed by atoms with Crippen LogP contribution in [-0.2, 0) is 0 Å². The van der Waals surface area contributed by atoms with Crippen LogP contribution in [0.3, 0.4) is 0 Å². The van der Waals surface area contributed by atoms with E-state index in [0.717, 1.165) is 18.2 Å². The number of phenols is 5. The number of carboxylic acids is 1. The predicted octanol–water partition coefficient (Wildman–Crippen LogP) is 11.3. The van der Waals surface area contributed by atoms with E-state index in [-0.39, 0.29) is 153 Å². The number of aromatic carboxylic acids is 1. The molecule has 0 saturated carbocycles. The van der Waals surface area contributed by atoms with E-state index in [4.69, 9.17) is 58.2 Å². The first-order chi connectivity index (χ1) is 59.2. The first-order valence-corrected chi connectivity index (χ1v) is 35.8. The first kappa shape index (κ1) is 93.4. The number of aromatic nitrogens is 8. The third kappa shape index (κ3) is 21.0. The van der Waals surface area contributed by atoms with Gasteiger partial charge in [-0.2, -0.15) is 9.46 Å². The van der Waals surface area contributed by atoms with Gasteiger partial charge in [-0.15, -0.1) is 0 Å². The summed E-state index contributed by atoms with van der Waals surface area (Å²) in [5, 5.41) is 118. The highest BCUT2D eigenvalue weighted by molar-refractivity contribution is 6.03. The van der Waals surface area contributed by atoms with Crippen molar-refractivity contribution in [1.82, 2.24) is 25.1 Å². The van der Waals surface area contributed by atoms with E-state index in [9.17, 15) is 94.9 Å². The predicted molar refractivity (Wildman–Crippen MR) is 444 cm³/mol. The molecular weight excluding hydrogens is 1650 g/mol. The summed E-state index contributed by atoms with van der Waals surface area (Å²) < 4.78 is 55.6. The molecule has 0 spiro atoms. The zero-order valence-electron chi connectivity index (χ0n) is 69.1. The molecule has 42 nitrogen and oxygen atoms in total. The highest BCUT2D eigenvalue weighted by Crippen LogP contribution is 2.40. The maximum Gasteiger partial charge on any atom is 0.335 e. The van der Waals surface area contributed by atoms with Crippen LogP contribution in [0.4, 0.5) is 17.1 Å². The molecular formula is C83H77N11O31. The zero-order valence-corrected chi connectivity index (χ0v) is 69.1. The van der Waals surface area contributed by atoms with E-state index < -0.39 is 27.3 Å². The van der Waals surface area contributed by atoms with Crippen molar-refractivity contribution in [2.24, 2.45) is 0 Å². The molecule has 0 unspecified atom stereocenters. The van der Waals surface area contributed by atoms with Crippen LogP contribution >= 0.6 is 0 Å². The number of ketones is 6. The smallest absolute Gasteiger partial charge is 0.335 e. The number of methoxy groups -OCH3 is 10. The minimum absolute atomic E-state index is 0.000949. The van der Waals surface area contributed by atoms with Crippen molar-refractivity contribution in [3.8, 4) is 86.2 Å². The van der Waals surface area contributed by atoms with Gasteiger partial charge in [0.15, 0.2) is 104 Å². The Bertz CT molecular complexity index is 6430. The number of nitro benzene ring substituents is 2. The Hall–Kier alpha value is -17.1. The van der Waals surface area contributed by atoms with E-state index in [0.29, 0.717) is 105 Å². The molecule has 0 bridgehead atoms. The van der Waals surface area contributed by atoms with Crippen LogP contribution in [0.2, 0.25) is 0 Å². The third-order valence-electron chi connectivity index (χ3n) is 18.0. The number of ether oxygens (including phenoxy) is 10. The van der Waals surface area contributed by atoms with Crippen LogP contribution in [0.25, 0.3) is 77.2 Å². The molecule has 0 radical (unpaired) electrons. The van der Waals surface area contributed by atoms with Crippen molar-refractivity contribution in [3.05, 3.63) is 202 Å². The second-order valence-corrected chi connectivity index (χ2v) is 25.9. The van der Waals surface area contributed by atoms with Gasteiger partial charge in [0.2, 0.25) is 11.3 Å². The molecule has 0 aliphatic heterocycles. The third-order valence-corrected chi connectivity index (χ3v) is 18.0. The second-order valence-electron chi connectivity index (χ2n) is 25.9. The lowest BCUT2D eigenvalue weighted by atomic mass is 10.1. The number of rotatable bonds is 19. The first-order valence-electron chi connectivity index (χ1n) is 35.8. The highest BCUT2D eigenvalue weighted by Gasteiger charge is 2.30. The average Bonchev–Trinajstić information content (AvgIpc) is 1.66. The van der Waals surface area contributed by atoms with E-state index in [1.54, 1.807) is 30.3 Å². The SMILES string of the molecule is COc1cc(C(C)=O)cc([N+](=O)[O-])c1N.COc1cc(C(C)=O)cc([N+](=O)[O-])c1O.COc1cc(C(C)=O)cc2c1no[n+]2[O-].COc1cc(C(C)=O)ccc1O.COc1cc2c(cc1O)[n+]([O-])c1cc(C(C)=O)cc(OC)c1[n+]2[O-].COc1cc2nc3c(OC)cc(C(=O)O)cc3nc2cc1O.COc1cc2nc3c(OC)cc(C(C)=O)cc3nc2cc1O. The molecule has 0 aliphatic rings. The van der Waals surface area contributed by atoms with Crippen molar-refractivity contribution >= 4 is 135 Å². The monoisotopic (exact) mass is 1720 g/mol. The molecule has 0 atom stereocenters. The summed E-state index contributed by atoms with van der Waals surface area (Å²) in [5.41, 5.74) is 10.8. The number of hydrogen-bond acceptors (Lipinski definition) is 36. The van der Waals surface area contributed by atoms with Gasteiger partial charge < -0.3 is 99.4 Å². The maximum absolute atomic E-state index is 12.7. The lowest BCUT2D eigenvalue weighted by Gasteiger charge is -2.12. The zero-order chi connectivity index (χ0) is 92.6. The molecule has 0 amide bonds. The Morgan fingerprint density at radius 2 is 0.688 bits per heavy atom. The van der Waals surface area contributed by atoms with E-state index in [2.05, 4.69) is 29.7 Å². The molecule has 4 heterocycles. The fourth-order valence-electron chi connectivity index (χ4n) is 11.5. The Morgan fingerprint density at radius 1 is 0.344 bits per heavy atom. The molecule has 10 aromatic carbocycles. The summed E-state index contributed by atoms with van der Waals surface area (Å²) in [6.07, 6.45) is 0. The highest BCUT2D eigenvalue weighted by atomic mass is 16.8. The summed E-state index contributed by atoms with van der Waals surface area (Å²) in [6, 6.07) is 29.5. The molecule has 0 saturated heterocycles.